The second kappa shape index (κ2) is 3.26. The highest BCUT2D eigenvalue weighted by molar-refractivity contribution is 8.18. The van der Waals surface area contributed by atoms with Crippen LogP contribution in [0.25, 0.3) is 0 Å². The van der Waals surface area contributed by atoms with E-state index < -0.39 is 0 Å². The highest BCUT2D eigenvalue weighted by Gasteiger charge is 2.14. The number of hydrogen-bond donors (Lipinski definition) is 0. The van der Waals surface area contributed by atoms with Gasteiger partial charge < -0.3 is 0 Å². The summed E-state index contributed by atoms with van der Waals surface area (Å²) < 4.78 is 0. The Bertz CT molecular complexity index is 255. The van der Waals surface area contributed by atoms with Crippen molar-refractivity contribution in [2.75, 3.05) is 7.05 Å². The van der Waals surface area contributed by atoms with E-state index in [1.165, 1.54) is 16.1 Å². The van der Waals surface area contributed by atoms with Crippen molar-refractivity contribution in [3.05, 3.63) is 22.1 Å². The van der Waals surface area contributed by atoms with Crippen LogP contribution in [0.3, 0.4) is 0 Å². The SMILES string of the molecule is CN=C1SC(C)=CC1=C(C)C. The molecule has 1 aliphatic heterocycles. The normalized spacial score (nSPS) is 20.9. The molecule has 0 bridgehead atoms. The minimum atomic E-state index is 1.16. The van der Waals surface area contributed by atoms with Crippen LogP contribution in [0, 0.1) is 0 Å². The molecule has 60 valence electrons. The number of aliphatic imine (C=N–C) groups is 1. The molecule has 0 saturated heterocycles. The second-order valence-electron chi connectivity index (χ2n) is 2.80. The van der Waals surface area contributed by atoms with Gasteiger partial charge in [-0.1, -0.05) is 17.3 Å². The zero-order valence-corrected chi connectivity index (χ0v) is 8.25. The number of allylic oxidation sites excluding steroid dienone is 3. The Labute approximate surface area is 72.3 Å². The smallest absolute Gasteiger partial charge is 0.102 e. The molecule has 0 unspecified atom stereocenters. The van der Waals surface area contributed by atoms with Gasteiger partial charge in [0.1, 0.15) is 5.04 Å². The molecule has 1 rings (SSSR count). The average Bonchev–Trinajstić information content (AvgIpc) is 2.30. The number of hydrogen-bond acceptors (Lipinski definition) is 2. The highest BCUT2D eigenvalue weighted by atomic mass is 32.2. The summed E-state index contributed by atoms with van der Waals surface area (Å²) in [5.74, 6) is 0. The fourth-order valence-electron chi connectivity index (χ4n) is 1.03. The average molecular weight is 167 g/mol. The molecule has 0 radical (unpaired) electrons. The fraction of sp³-hybridized carbons (Fsp3) is 0.444. The van der Waals surface area contributed by atoms with E-state index in [2.05, 4.69) is 31.8 Å². The summed E-state index contributed by atoms with van der Waals surface area (Å²) in [5.41, 5.74) is 2.64. The van der Waals surface area contributed by atoms with Gasteiger partial charge in [0.15, 0.2) is 0 Å². The van der Waals surface area contributed by atoms with E-state index in [1.54, 1.807) is 11.8 Å². The predicted octanol–water partition coefficient (Wildman–Crippen LogP) is 3.00. The van der Waals surface area contributed by atoms with Crippen molar-refractivity contribution in [3.8, 4) is 0 Å². The van der Waals surface area contributed by atoms with Crippen LogP contribution in [-0.2, 0) is 0 Å². The van der Waals surface area contributed by atoms with Gasteiger partial charge in [0.2, 0.25) is 0 Å². The minimum absolute atomic E-state index is 1.16. The van der Waals surface area contributed by atoms with E-state index in [4.69, 9.17) is 0 Å². The lowest BCUT2D eigenvalue weighted by molar-refractivity contribution is 1.35. The molecule has 0 aliphatic carbocycles. The van der Waals surface area contributed by atoms with Crippen LogP contribution in [0.5, 0.6) is 0 Å². The summed E-state index contributed by atoms with van der Waals surface area (Å²) in [5, 5.41) is 1.16. The third-order valence-electron chi connectivity index (χ3n) is 1.58. The van der Waals surface area contributed by atoms with Crippen LogP contribution >= 0.6 is 11.8 Å². The molecule has 11 heavy (non-hydrogen) atoms. The van der Waals surface area contributed by atoms with Gasteiger partial charge in [0.05, 0.1) is 0 Å². The van der Waals surface area contributed by atoms with Gasteiger partial charge >= 0.3 is 0 Å². The maximum absolute atomic E-state index is 4.21. The Morgan fingerprint density at radius 1 is 1.45 bits per heavy atom. The van der Waals surface area contributed by atoms with Crippen LogP contribution < -0.4 is 0 Å². The van der Waals surface area contributed by atoms with Crippen LogP contribution in [0.1, 0.15) is 20.8 Å². The third kappa shape index (κ3) is 1.74. The van der Waals surface area contributed by atoms with Crippen molar-refractivity contribution >= 4 is 16.8 Å². The predicted molar refractivity (Wildman–Crippen MR) is 53.1 cm³/mol. The first-order valence-corrected chi connectivity index (χ1v) is 4.47. The molecular weight excluding hydrogens is 154 g/mol. The Morgan fingerprint density at radius 3 is 2.45 bits per heavy atom. The molecule has 0 aromatic heterocycles. The number of thioether (sulfide) groups is 1. The largest absolute Gasteiger partial charge is 0.281 e. The van der Waals surface area contributed by atoms with E-state index in [-0.39, 0.29) is 0 Å². The first-order chi connectivity index (χ1) is 5.15. The lowest BCUT2D eigenvalue weighted by atomic mass is 10.1. The third-order valence-corrected chi connectivity index (χ3v) is 2.61. The zero-order valence-electron chi connectivity index (χ0n) is 7.43. The Hall–Kier alpha value is -0.500. The lowest BCUT2D eigenvalue weighted by Gasteiger charge is -1.98. The van der Waals surface area contributed by atoms with Gasteiger partial charge in [0, 0.05) is 12.6 Å². The summed E-state index contributed by atoms with van der Waals surface area (Å²) >= 11 is 1.76. The standard InChI is InChI=1S/C9H13NS/c1-6(2)8-5-7(3)11-9(8)10-4/h5H,1-4H3. The minimum Gasteiger partial charge on any atom is -0.281 e. The molecule has 0 spiro atoms. The Balaban J connectivity index is 3.05. The van der Waals surface area contributed by atoms with E-state index in [1.807, 2.05) is 7.05 Å². The topological polar surface area (TPSA) is 12.4 Å². The Kier molecular flexibility index (Phi) is 2.55. The Morgan fingerprint density at radius 2 is 2.09 bits per heavy atom. The summed E-state index contributed by atoms with van der Waals surface area (Å²) in [6.45, 7) is 6.36. The van der Waals surface area contributed by atoms with Crippen molar-refractivity contribution in [2.24, 2.45) is 4.99 Å². The molecule has 0 amide bonds. The van der Waals surface area contributed by atoms with Gasteiger partial charge in [-0.2, -0.15) is 0 Å². The van der Waals surface area contributed by atoms with Crippen molar-refractivity contribution in [1.29, 1.82) is 0 Å². The number of rotatable bonds is 0. The first-order valence-electron chi connectivity index (χ1n) is 3.66. The molecule has 0 aromatic carbocycles. The van der Waals surface area contributed by atoms with Crippen LogP contribution in [0.2, 0.25) is 0 Å². The van der Waals surface area contributed by atoms with E-state index in [9.17, 15) is 0 Å². The monoisotopic (exact) mass is 167 g/mol. The number of nitrogens with zero attached hydrogens (tertiary/aromatic N) is 1. The molecule has 1 aliphatic rings. The molecule has 0 aromatic rings. The van der Waals surface area contributed by atoms with Crippen LogP contribution in [0.15, 0.2) is 27.1 Å². The summed E-state index contributed by atoms with van der Waals surface area (Å²) in [6, 6.07) is 0. The summed E-state index contributed by atoms with van der Waals surface area (Å²) in [4.78, 5) is 5.55. The van der Waals surface area contributed by atoms with Gasteiger partial charge in [0.25, 0.3) is 0 Å². The van der Waals surface area contributed by atoms with Crippen LogP contribution in [0.4, 0.5) is 0 Å². The molecule has 2 heteroatoms. The maximum atomic E-state index is 4.21. The van der Waals surface area contributed by atoms with Crippen molar-refractivity contribution < 1.29 is 0 Å². The first kappa shape index (κ1) is 8.60. The summed E-state index contributed by atoms with van der Waals surface area (Å²) in [7, 11) is 1.84. The molecule has 1 nitrogen and oxygen atoms in total. The molecule has 0 N–H and O–H groups in total. The van der Waals surface area contributed by atoms with Gasteiger partial charge in [-0.25, -0.2) is 0 Å². The van der Waals surface area contributed by atoms with E-state index in [0.29, 0.717) is 0 Å². The quantitative estimate of drug-likeness (QED) is 0.540. The molecule has 0 atom stereocenters. The molecular formula is C9H13NS. The molecule has 1 heterocycles. The van der Waals surface area contributed by atoms with Crippen molar-refractivity contribution in [3.63, 3.8) is 0 Å². The van der Waals surface area contributed by atoms with Gasteiger partial charge in [-0.3, -0.25) is 4.99 Å². The second-order valence-corrected chi connectivity index (χ2v) is 4.03. The van der Waals surface area contributed by atoms with E-state index >= 15 is 0 Å². The van der Waals surface area contributed by atoms with E-state index in [0.717, 1.165) is 5.04 Å². The maximum Gasteiger partial charge on any atom is 0.102 e. The molecule has 0 fully saturated rings. The van der Waals surface area contributed by atoms with Gasteiger partial charge in [-0.15, -0.1) is 0 Å². The lowest BCUT2D eigenvalue weighted by Crippen LogP contribution is -1.91. The highest BCUT2D eigenvalue weighted by Crippen LogP contribution is 2.32. The van der Waals surface area contributed by atoms with Gasteiger partial charge in [-0.05, 0) is 31.8 Å². The fourth-order valence-corrected chi connectivity index (χ4v) is 1.97. The zero-order chi connectivity index (χ0) is 8.43. The van der Waals surface area contributed by atoms with Crippen molar-refractivity contribution in [2.45, 2.75) is 20.8 Å². The van der Waals surface area contributed by atoms with Crippen LogP contribution in [-0.4, -0.2) is 12.1 Å². The van der Waals surface area contributed by atoms with Crippen molar-refractivity contribution in [1.82, 2.24) is 0 Å². The molecule has 0 saturated carbocycles. The summed E-state index contributed by atoms with van der Waals surface area (Å²) in [6.07, 6.45) is 2.20.